The summed E-state index contributed by atoms with van der Waals surface area (Å²) in [5.74, 6) is 0. The number of sulfonamides is 1. The average molecular weight is 320 g/mol. The molecule has 21 heavy (non-hydrogen) atoms. The van der Waals surface area contributed by atoms with E-state index in [0.29, 0.717) is 10.6 Å². The van der Waals surface area contributed by atoms with Crippen LogP contribution in [0.2, 0.25) is 0 Å². The van der Waals surface area contributed by atoms with E-state index < -0.39 is 10.0 Å². The van der Waals surface area contributed by atoms with Crippen LogP contribution in [0.15, 0.2) is 52.9 Å². The highest BCUT2D eigenvalue weighted by Crippen LogP contribution is 2.25. The van der Waals surface area contributed by atoms with Gasteiger partial charge in [-0.1, -0.05) is 18.2 Å². The van der Waals surface area contributed by atoms with Crippen molar-refractivity contribution in [2.45, 2.75) is 10.8 Å². The number of anilines is 1. The molecule has 1 aromatic carbocycles. The van der Waals surface area contributed by atoms with Crippen LogP contribution in [0.1, 0.15) is 4.88 Å². The third-order valence-corrected chi connectivity index (χ3v) is 5.84. The predicted molar refractivity (Wildman–Crippen MR) is 82.8 cm³/mol. The van der Waals surface area contributed by atoms with Crippen molar-refractivity contribution in [2.24, 2.45) is 0 Å². The van der Waals surface area contributed by atoms with Crippen LogP contribution >= 0.6 is 11.3 Å². The van der Waals surface area contributed by atoms with Gasteiger partial charge >= 0.3 is 0 Å². The van der Waals surface area contributed by atoms with Crippen molar-refractivity contribution < 1.29 is 13.5 Å². The van der Waals surface area contributed by atoms with Crippen LogP contribution in [0.4, 0.5) is 5.69 Å². The molecule has 0 fully saturated rings. The summed E-state index contributed by atoms with van der Waals surface area (Å²) in [5.41, 5.74) is 1.21. The Labute approximate surface area is 125 Å². The normalized spacial score (nSPS) is 11.7. The lowest BCUT2D eigenvalue weighted by Crippen LogP contribution is -2.11. The number of aliphatic hydroxyl groups is 1. The first kappa shape index (κ1) is 14.0. The summed E-state index contributed by atoms with van der Waals surface area (Å²) in [6.07, 6.45) is 1.49. The van der Waals surface area contributed by atoms with Crippen molar-refractivity contribution in [1.29, 1.82) is 0 Å². The average Bonchev–Trinajstić information content (AvgIpc) is 2.96. The number of fused-ring (bicyclic) bond motifs is 1. The fourth-order valence-electron chi connectivity index (χ4n) is 1.92. The summed E-state index contributed by atoms with van der Waals surface area (Å²) >= 11 is 1.04. The second-order valence-corrected chi connectivity index (χ2v) is 7.48. The third kappa shape index (κ3) is 2.90. The predicted octanol–water partition coefficient (Wildman–Crippen LogP) is 2.59. The number of aliphatic hydroxyl groups excluding tert-OH is 1. The highest BCUT2D eigenvalue weighted by atomic mass is 32.2. The number of aromatic nitrogens is 1. The maximum atomic E-state index is 12.3. The first-order chi connectivity index (χ1) is 10.1. The summed E-state index contributed by atoms with van der Waals surface area (Å²) in [5, 5.41) is 9.87. The van der Waals surface area contributed by atoms with Crippen molar-refractivity contribution in [3.63, 3.8) is 0 Å². The number of pyridine rings is 1. The van der Waals surface area contributed by atoms with Crippen LogP contribution in [0.5, 0.6) is 0 Å². The van der Waals surface area contributed by atoms with E-state index in [9.17, 15) is 8.42 Å². The van der Waals surface area contributed by atoms with E-state index in [2.05, 4.69) is 9.71 Å². The highest BCUT2D eigenvalue weighted by molar-refractivity contribution is 7.94. The van der Waals surface area contributed by atoms with Gasteiger partial charge < -0.3 is 5.11 Å². The second-order valence-electron chi connectivity index (χ2n) is 4.40. The molecule has 2 N–H and O–H groups in total. The molecule has 108 valence electrons. The van der Waals surface area contributed by atoms with Gasteiger partial charge in [0.15, 0.2) is 0 Å². The second kappa shape index (κ2) is 5.44. The molecule has 0 radical (unpaired) electrons. The molecular formula is C14H12N2O3S2. The molecule has 0 bridgehead atoms. The summed E-state index contributed by atoms with van der Waals surface area (Å²) in [4.78, 5) is 4.82. The Morgan fingerprint density at radius 1 is 1.19 bits per heavy atom. The molecule has 5 nitrogen and oxygen atoms in total. The molecule has 0 amide bonds. The van der Waals surface area contributed by atoms with Crippen LogP contribution in [-0.4, -0.2) is 18.5 Å². The molecular weight excluding hydrogens is 308 g/mol. The lowest BCUT2D eigenvalue weighted by atomic mass is 10.2. The van der Waals surface area contributed by atoms with Crippen LogP contribution in [-0.2, 0) is 16.6 Å². The minimum Gasteiger partial charge on any atom is -0.391 e. The monoisotopic (exact) mass is 320 g/mol. The third-order valence-electron chi connectivity index (χ3n) is 2.90. The standard InChI is InChI=1S/C14H12N2O3S2/c17-9-12-5-6-14(20-12)21(18,19)16-11-7-10-3-1-2-4-13(10)15-8-11/h1-8,16-17H,9H2. The Morgan fingerprint density at radius 3 is 2.76 bits per heavy atom. The number of nitrogens with one attached hydrogen (secondary N) is 1. The van der Waals surface area contributed by atoms with Gasteiger partial charge in [0.1, 0.15) is 4.21 Å². The fraction of sp³-hybridized carbons (Fsp3) is 0.0714. The molecule has 0 aliphatic carbocycles. The smallest absolute Gasteiger partial charge is 0.271 e. The largest absolute Gasteiger partial charge is 0.391 e. The zero-order chi connectivity index (χ0) is 14.9. The van der Waals surface area contributed by atoms with Crippen LogP contribution in [0.3, 0.4) is 0 Å². The van der Waals surface area contributed by atoms with Gasteiger partial charge in [0.05, 0.1) is 24.0 Å². The van der Waals surface area contributed by atoms with Crippen molar-refractivity contribution in [2.75, 3.05) is 4.72 Å². The Morgan fingerprint density at radius 2 is 2.00 bits per heavy atom. The van der Waals surface area contributed by atoms with Gasteiger partial charge in [0.2, 0.25) is 0 Å². The maximum absolute atomic E-state index is 12.3. The number of hydrogen-bond acceptors (Lipinski definition) is 5. The van der Waals surface area contributed by atoms with Gasteiger partial charge in [-0.2, -0.15) is 0 Å². The molecule has 0 spiro atoms. The molecule has 0 aliphatic heterocycles. The lowest BCUT2D eigenvalue weighted by Gasteiger charge is -2.06. The molecule has 7 heteroatoms. The SMILES string of the molecule is O=S(=O)(Nc1cnc2ccccc2c1)c1ccc(CO)s1. The van der Waals surface area contributed by atoms with Crippen LogP contribution in [0.25, 0.3) is 10.9 Å². The molecule has 0 unspecified atom stereocenters. The van der Waals surface area contributed by atoms with E-state index in [0.717, 1.165) is 22.2 Å². The summed E-state index contributed by atoms with van der Waals surface area (Å²) in [6, 6.07) is 12.3. The number of para-hydroxylation sites is 1. The van der Waals surface area contributed by atoms with Crippen molar-refractivity contribution in [3.8, 4) is 0 Å². The highest BCUT2D eigenvalue weighted by Gasteiger charge is 2.17. The Kier molecular flexibility index (Phi) is 3.62. The topological polar surface area (TPSA) is 79.3 Å². The number of hydrogen-bond donors (Lipinski definition) is 2. The van der Waals surface area contributed by atoms with Crippen LogP contribution in [0, 0.1) is 0 Å². The first-order valence-electron chi connectivity index (χ1n) is 6.16. The molecule has 0 saturated heterocycles. The van der Waals surface area contributed by atoms with Gasteiger partial charge in [0.25, 0.3) is 10.0 Å². The van der Waals surface area contributed by atoms with Gasteiger partial charge in [-0.25, -0.2) is 8.42 Å². The van der Waals surface area contributed by atoms with E-state index in [1.54, 1.807) is 12.1 Å². The van der Waals surface area contributed by atoms with Crippen molar-refractivity contribution in [1.82, 2.24) is 4.98 Å². The Hall–Kier alpha value is -1.96. The first-order valence-corrected chi connectivity index (χ1v) is 8.46. The van der Waals surface area contributed by atoms with Crippen LogP contribution < -0.4 is 4.72 Å². The molecule has 0 atom stereocenters. The molecule has 0 aliphatic rings. The van der Waals surface area contributed by atoms with Gasteiger partial charge in [-0.3, -0.25) is 9.71 Å². The van der Waals surface area contributed by atoms with E-state index >= 15 is 0 Å². The molecule has 2 heterocycles. The number of benzene rings is 1. The zero-order valence-electron chi connectivity index (χ0n) is 10.9. The quantitative estimate of drug-likeness (QED) is 0.774. The molecule has 2 aromatic heterocycles. The Balaban J connectivity index is 1.93. The summed E-state index contributed by atoms with van der Waals surface area (Å²) in [7, 11) is -3.65. The number of rotatable bonds is 4. The number of thiophene rings is 1. The zero-order valence-corrected chi connectivity index (χ0v) is 12.5. The maximum Gasteiger partial charge on any atom is 0.271 e. The van der Waals surface area contributed by atoms with E-state index in [-0.39, 0.29) is 10.8 Å². The minimum atomic E-state index is -3.65. The van der Waals surface area contributed by atoms with Crippen molar-refractivity contribution >= 4 is 38.0 Å². The summed E-state index contributed by atoms with van der Waals surface area (Å²) < 4.78 is 27.2. The minimum absolute atomic E-state index is 0.166. The summed E-state index contributed by atoms with van der Waals surface area (Å²) in [6.45, 7) is -0.169. The van der Waals surface area contributed by atoms with E-state index in [4.69, 9.17) is 5.11 Å². The number of nitrogens with zero attached hydrogens (tertiary/aromatic N) is 1. The molecule has 3 rings (SSSR count). The van der Waals surface area contributed by atoms with Gasteiger partial charge in [-0.15, -0.1) is 11.3 Å². The van der Waals surface area contributed by atoms with E-state index in [1.807, 2.05) is 24.3 Å². The van der Waals surface area contributed by atoms with E-state index in [1.165, 1.54) is 12.3 Å². The van der Waals surface area contributed by atoms with Gasteiger partial charge in [0, 0.05) is 10.3 Å². The van der Waals surface area contributed by atoms with Gasteiger partial charge in [-0.05, 0) is 24.3 Å². The fourth-order valence-corrected chi connectivity index (χ4v) is 4.17. The lowest BCUT2D eigenvalue weighted by molar-refractivity contribution is 0.285. The molecule has 0 saturated carbocycles. The Bertz CT molecular complexity index is 888. The molecule has 3 aromatic rings. The van der Waals surface area contributed by atoms with Crippen molar-refractivity contribution in [3.05, 3.63) is 53.5 Å².